The molecular formula is C20H24N4O3. The van der Waals surface area contributed by atoms with Crippen LogP contribution in [0.25, 0.3) is 11.0 Å². The Balaban J connectivity index is 1.59. The van der Waals surface area contributed by atoms with Crippen LogP contribution >= 0.6 is 0 Å². The molecule has 0 N–H and O–H groups in total. The number of para-hydroxylation sites is 2. The molecular weight excluding hydrogens is 344 g/mol. The van der Waals surface area contributed by atoms with Gasteiger partial charge in [0.2, 0.25) is 0 Å². The second-order valence-corrected chi connectivity index (χ2v) is 7.11. The Bertz CT molecular complexity index is 975. The number of hydrogen-bond acceptors (Lipinski definition) is 5. The van der Waals surface area contributed by atoms with Gasteiger partial charge < -0.3 is 18.7 Å². The number of likely N-dealkylation sites (tertiary alicyclic amines) is 1. The summed E-state index contributed by atoms with van der Waals surface area (Å²) in [7, 11) is 3.65. The standard InChI is InChI=1S/C20H24N4O3/c1-13-15(12-26-3)18(22-27-13)20(25)24-10-6-7-14(11-24)19-21-16-8-4-5-9-17(16)23(19)2/h4-5,8-9,14H,6-7,10-12H2,1-3H3/t14-/m1/s1. The fourth-order valence-electron chi connectivity index (χ4n) is 3.92. The van der Waals surface area contributed by atoms with Gasteiger partial charge in [-0.05, 0) is 31.9 Å². The zero-order chi connectivity index (χ0) is 19.0. The number of piperidine rings is 1. The van der Waals surface area contributed by atoms with Gasteiger partial charge in [-0.1, -0.05) is 17.3 Å². The van der Waals surface area contributed by atoms with Gasteiger partial charge in [0.15, 0.2) is 5.69 Å². The molecule has 3 aromatic rings. The molecule has 1 fully saturated rings. The molecule has 2 aromatic heterocycles. The van der Waals surface area contributed by atoms with E-state index in [0.29, 0.717) is 24.6 Å². The van der Waals surface area contributed by atoms with Gasteiger partial charge in [0.1, 0.15) is 11.6 Å². The molecule has 1 amide bonds. The molecule has 0 spiro atoms. The maximum absolute atomic E-state index is 13.1. The monoisotopic (exact) mass is 368 g/mol. The predicted molar refractivity (Wildman–Crippen MR) is 101 cm³/mol. The molecule has 3 heterocycles. The maximum Gasteiger partial charge on any atom is 0.276 e. The Morgan fingerprint density at radius 1 is 1.37 bits per heavy atom. The minimum Gasteiger partial charge on any atom is -0.380 e. The van der Waals surface area contributed by atoms with Crippen molar-refractivity contribution in [2.45, 2.75) is 32.3 Å². The Labute approximate surface area is 157 Å². The van der Waals surface area contributed by atoms with E-state index in [1.165, 1.54) is 0 Å². The molecule has 1 aliphatic heterocycles. The molecule has 1 atom stereocenters. The van der Waals surface area contributed by atoms with Gasteiger partial charge >= 0.3 is 0 Å². The third-order valence-electron chi connectivity index (χ3n) is 5.37. The first-order valence-electron chi connectivity index (χ1n) is 9.25. The van der Waals surface area contributed by atoms with Gasteiger partial charge in [0.05, 0.1) is 23.2 Å². The van der Waals surface area contributed by atoms with Crippen LogP contribution in [0.2, 0.25) is 0 Å². The molecule has 7 heteroatoms. The molecule has 4 rings (SSSR count). The number of nitrogens with zero attached hydrogens (tertiary/aromatic N) is 4. The molecule has 1 aliphatic rings. The zero-order valence-electron chi connectivity index (χ0n) is 15.9. The van der Waals surface area contributed by atoms with E-state index in [9.17, 15) is 4.79 Å². The highest BCUT2D eigenvalue weighted by Crippen LogP contribution is 2.29. The summed E-state index contributed by atoms with van der Waals surface area (Å²) in [6.45, 7) is 3.47. The second-order valence-electron chi connectivity index (χ2n) is 7.11. The van der Waals surface area contributed by atoms with E-state index in [4.69, 9.17) is 14.2 Å². The summed E-state index contributed by atoms with van der Waals surface area (Å²) in [4.78, 5) is 19.8. The van der Waals surface area contributed by atoms with Crippen LogP contribution in [0.3, 0.4) is 0 Å². The third kappa shape index (κ3) is 3.12. The van der Waals surface area contributed by atoms with Gasteiger partial charge in [-0.3, -0.25) is 4.79 Å². The second kappa shape index (κ2) is 7.15. The lowest BCUT2D eigenvalue weighted by Crippen LogP contribution is -2.40. The molecule has 7 nitrogen and oxygen atoms in total. The van der Waals surface area contributed by atoms with Crippen LogP contribution in [0.5, 0.6) is 0 Å². The quantitative estimate of drug-likeness (QED) is 0.708. The van der Waals surface area contributed by atoms with E-state index in [2.05, 4.69) is 15.8 Å². The van der Waals surface area contributed by atoms with Crippen molar-refractivity contribution in [2.24, 2.45) is 7.05 Å². The lowest BCUT2D eigenvalue weighted by molar-refractivity contribution is 0.0689. The Hall–Kier alpha value is -2.67. The smallest absolute Gasteiger partial charge is 0.276 e. The normalized spacial score (nSPS) is 17.6. The number of aromatic nitrogens is 3. The number of carbonyl (C=O) groups is 1. The molecule has 0 aliphatic carbocycles. The molecule has 142 valence electrons. The average molecular weight is 368 g/mol. The Kier molecular flexibility index (Phi) is 4.70. The van der Waals surface area contributed by atoms with Crippen molar-refractivity contribution in [3.8, 4) is 0 Å². The number of aryl methyl sites for hydroxylation is 2. The number of carbonyl (C=O) groups excluding carboxylic acids is 1. The van der Waals surface area contributed by atoms with Gasteiger partial charge in [-0.15, -0.1) is 0 Å². The summed E-state index contributed by atoms with van der Waals surface area (Å²) in [5, 5.41) is 3.99. The molecule has 0 radical (unpaired) electrons. The highest BCUT2D eigenvalue weighted by atomic mass is 16.5. The van der Waals surface area contributed by atoms with Crippen molar-refractivity contribution in [3.63, 3.8) is 0 Å². The van der Waals surface area contributed by atoms with Gasteiger partial charge in [0.25, 0.3) is 5.91 Å². The number of imidazole rings is 1. The highest BCUT2D eigenvalue weighted by Gasteiger charge is 2.31. The van der Waals surface area contributed by atoms with E-state index in [1.54, 1.807) is 14.0 Å². The summed E-state index contributed by atoms with van der Waals surface area (Å²) in [6.07, 6.45) is 1.96. The lowest BCUT2D eigenvalue weighted by Gasteiger charge is -2.32. The predicted octanol–water partition coefficient (Wildman–Crippen LogP) is 3.04. The number of benzene rings is 1. The van der Waals surface area contributed by atoms with Crippen LogP contribution in [0.15, 0.2) is 28.8 Å². The first kappa shape index (κ1) is 17.7. The van der Waals surface area contributed by atoms with Crippen LogP contribution in [0.4, 0.5) is 0 Å². The fourth-order valence-corrected chi connectivity index (χ4v) is 3.92. The number of amides is 1. The van der Waals surface area contributed by atoms with Crippen molar-refractivity contribution < 1.29 is 14.1 Å². The first-order chi connectivity index (χ1) is 13.1. The summed E-state index contributed by atoms with van der Waals surface area (Å²) in [5.41, 5.74) is 3.20. The SMILES string of the molecule is COCc1c(C(=O)N2CCC[C@@H](c3nc4ccccc4n3C)C2)noc1C. The van der Waals surface area contributed by atoms with Crippen LogP contribution in [-0.2, 0) is 18.4 Å². The van der Waals surface area contributed by atoms with Crippen molar-refractivity contribution in [3.05, 3.63) is 47.1 Å². The zero-order valence-corrected chi connectivity index (χ0v) is 15.9. The Morgan fingerprint density at radius 2 is 2.19 bits per heavy atom. The first-order valence-corrected chi connectivity index (χ1v) is 9.25. The van der Waals surface area contributed by atoms with Crippen LogP contribution in [0.1, 0.15) is 46.4 Å². The number of ether oxygens (including phenoxy) is 1. The van der Waals surface area contributed by atoms with E-state index < -0.39 is 0 Å². The minimum absolute atomic E-state index is 0.0950. The minimum atomic E-state index is -0.0950. The summed E-state index contributed by atoms with van der Waals surface area (Å²) < 4.78 is 12.6. The number of rotatable bonds is 4. The molecule has 27 heavy (non-hydrogen) atoms. The third-order valence-corrected chi connectivity index (χ3v) is 5.37. The van der Waals surface area contributed by atoms with Crippen LogP contribution < -0.4 is 0 Å². The van der Waals surface area contributed by atoms with E-state index in [0.717, 1.165) is 41.8 Å². The molecule has 1 aromatic carbocycles. The average Bonchev–Trinajstić information content (AvgIpc) is 3.22. The maximum atomic E-state index is 13.1. The number of fused-ring (bicyclic) bond motifs is 1. The number of hydrogen-bond donors (Lipinski definition) is 0. The van der Waals surface area contributed by atoms with Crippen molar-refractivity contribution in [1.82, 2.24) is 19.6 Å². The van der Waals surface area contributed by atoms with E-state index in [1.807, 2.05) is 30.1 Å². The molecule has 0 saturated carbocycles. The van der Waals surface area contributed by atoms with Gasteiger partial charge in [0, 0.05) is 33.2 Å². The Morgan fingerprint density at radius 3 is 2.96 bits per heavy atom. The van der Waals surface area contributed by atoms with Crippen LogP contribution in [-0.4, -0.2) is 45.7 Å². The van der Waals surface area contributed by atoms with E-state index in [-0.39, 0.29) is 11.8 Å². The van der Waals surface area contributed by atoms with Crippen molar-refractivity contribution in [1.29, 1.82) is 0 Å². The molecule has 1 saturated heterocycles. The summed E-state index contributed by atoms with van der Waals surface area (Å²) in [5.74, 6) is 1.77. The van der Waals surface area contributed by atoms with Gasteiger partial charge in [-0.2, -0.15) is 0 Å². The number of methoxy groups -OCH3 is 1. The fraction of sp³-hybridized carbons (Fsp3) is 0.450. The molecule has 0 unspecified atom stereocenters. The lowest BCUT2D eigenvalue weighted by atomic mass is 9.96. The largest absolute Gasteiger partial charge is 0.380 e. The van der Waals surface area contributed by atoms with E-state index >= 15 is 0 Å². The van der Waals surface area contributed by atoms with Crippen LogP contribution in [0, 0.1) is 6.92 Å². The summed E-state index contributed by atoms with van der Waals surface area (Å²) in [6, 6.07) is 8.13. The van der Waals surface area contributed by atoms with Gasteiger partial charge in [-0.25, -0.2) is 4.98 Å². The highest BCUT2D eigenvalue weighted by molar-refractivity contribution is 5.94. The molecule has 0 bridgehead atoms. The topological polar surface area (TPSA) is 73.4 Å². The van der Waals surface area contributed by atoms with Crippen molar-refractivity contribution in [2.75, 3.05) is 20.2 Å². The van der Waals surface area contributed by atoms with Crippen molar-refractivity contribution >= 4 is 16.9 Å². The summed E-state index contributed by atoms with van der Waals surface area (Å²) >= 11 is 0.